The summed E-state index contributed by atoms with van der Waals surface area (Å²) in [5, 5.41) is 0. The van der Waals surface area contributed by atoms with Gasteiger partial charge in [-0.25, -0.2) is 4.39 Å². The molecule has 2 aromatic rings. The molecule has 0 N–H and O–H groups in total. The standard InChI is InChI=1S/C13H9Cl2FO/c14-13(15)9-6-7-11(16)12(8-9)17-10-4-2-1-3-5-10/h1-8,13H. The smallest absolute Gasteiger partial charge is 0.165 e. The minimum absolute atomic E-state index is 0.111. The van der Waals surface area contributed by atoms with E-state index in [2.05, 4.69) is 0 Å². The van der Waals surface area contributed by atoms with E-state index in [0.717, 1.165) is 0 Å². The molecule has 0 unspecified atom stereocenters. The van der Waals surface area contributed by atoms with Crippen LogP contribution in [0.5, 0.6) is 11.5 Å². The molecule has 0 radical (unpaired) electrons. The molecule has 0 aliphatic heterocycles. The zero-order valence-corrected chi connectivity index (χ0v) is 10.3. The highest BCUT2D eigenvalue weighted by atomic mass is 35.5. The predicted molar refractivity (Wildman–Crippen MR) is 67.4 cm³/mol. The van der Waals surface area contributed by atoms with Crippen molar-refractivity contribution >= 4 is 23.2 Å². The molecule has 0 fully saturated rings. The molecule has 4 heteroatoms. The van der Waals surface area contributed by atoms with Crippen LogP contribution in [0, 0.1) is 5.82 Å². The van der Waals surface area contributed by atoms with Crippen LogP contribution in [0.15, 0.2) is 48.5 Å². The van der Waals surface area contributed by atoms with Crippen LogP contribution in [0.2, 0.25) is 0 Å². The van der Waals surface area contributed by atoms with Crippen molar-refractivity contribution in [2.75, 3.05) is 0 Å². The molecule has 0 aliphatic rings. The van der Waals surface area contributed by atoms with E-state index in [1.54, 1.807) is 12.1 Å². The van der Waals surface area contributed by atoms with Gasteiger partial charge < -0.3 is 4.74 Å². The number of benzene rings is 2. The lowest BCUT2D eigenvalue weighted by Crippen LogP contribution is -1.91. The first-order chi connectivity index (χ1) is 8.16. The third-order valence-corrected chi connectivity index (χ3v) is 2.68. The lowest BCUT2D eigenvalue weighted by molar-refractivity contribution is 0.441. The number of hydrogen-bond acceptors (Lipinski definition) is 1. The van der Waals surface area contributed by atoms with Gasteiger partial charge in [0, 0.05) is 0 Å². The van der Waals surface area contributed by atoms with Crippen molar-refractivity contribution in [2.24, 2.45) is 0 Å². The highest BCUT2D eigenvalue weighted by Crippen LogP contribution is 2.31. The maximum atomic E-state index is 13.5. The van der Waals surface area contributed by atoms with E-state index in [9.17, 15) is 4.39 Å². The van der Waals surface area contributed by atoms with Gasteiger partial charge >= 0.3 is 0 Å². The summed E-state index contributed by atoms with van der Waals surface area (Å²) in [5.41, 5.74) is 0.598. The summed E-state index contributed by atoms with van der Waals surface area (Å²) >= 11 is 11.4. The van der Waals surface area contributed by atoms with Gasteiger partial charge in [-0.3, -0.25) is 0 Å². The van der Waals surface area contributed by atoms with Gasteiger partial charge in [0.25, 0.3) is 0 Å². The van der Waals surface area contributed by atoms with Crippen LogP contribution < -0.4 is 4.74 Å². The van der Waals surface area contributed by atoms with Crippen molar-refractivity contribution < 1.29 is 9.13 Å². The Labute approximate surface area is 109 Å². The molecule has 17 heavy (non-hydrogen) atoms. The molecule has 0 saturated carbocycles. The first-order valence-electron chi connectivity index (χ1n) is 4.97. The molecule has 0 saturated heterocycles. The van der Waals surface area contributed by atoms with Crippen molar-refractivity contribution in [3.63, 3.8) is 0 Å². The summed E-state index contributed by atoms with van der Waals surface area (Å²) in [5.74, 6) is 0.218. The Balaban J connectivity index is 2.29. The van der Waals surface area contributed by atoms with E-state index in [1.165, 1.54) is 18.2 Å². The van der Waals surface area contributed by atoms with Crippen LogP contribution in [0.25, 0.3) is 0 Å². The topological polar surface area (TPSA) is 9.23 Å². The van der Waals surface area contributed by atoms with E-state index < -0.39 is 10.7 Å². The van der Waals surface area contributed by atoms with Crippen LogP contribution in [0.4, 0.5) is 4.39 Å². The summed E-state index contributed by atoms with van der Waals surface area (Å²) in [4.78, 5) is -0.700. The zero-order chi connectivity index (χ0) is 12.3. The molecule has 0 spiro atoms. The maximum Gasteiger partial charge on any atom is 0.165 e. The van der Waals surface area contributed by atoms with Crippen LogP contribution in [0.1, 0.15) is 10.4 Å². The fourth-order valence-electron chi connectivity index (χ4n) is 1.35. The molecule has 0 aliphatic carbocycles. The summed E-state index contributed by atoms with van der Waals surface area (Å²) in [7, 11) is 0. The fourth-order valence-corrected chi connectivity index (χ4v) is 1.62. The minimum atomic E-state index is -0.700. The van der Waals surface area contributed by atoms with E-state index in [1.807, 2.05) is 18.2 Å². The third-order valence-electron chi connectivity index (χ3n) is 2.18. The van der Waals surface area contributed by atoms with Crippen molar-refractivity contribution in [3.05, 3.63) is 59.9 Å². The Kier molecular flexibility index (Phi) is 3.87. The van der Waals surface area contributed by atoms with Crippen molar-refractivity contribution in [2.45, 2.75) is 4.84 Å². The monoisotopic (exact) mass is 270 g/mol. The Morgan fingerprint density at radius 1 is 1.00 bits per heavy atom. The number of ether oxygens (including phenoxy) is 1. The van der Waals surface area contributed by atoms with Gasteiger partial charge in [0.05, 0.1) is 0 Å². The normalized spacial score (nSPS) is 10.6. The Morgan fingerprint density at radius 3 is 2.35 bits per heavy atom. The van der Waals surface area contributed by atoms with Gasteiger partial charge in [-0.2, -0.15) is 0 Å². The first-order valence-corrected chi connectivity index (χ1v) is 5.84. The molecule has 0 heterocycles. The highest BCUT2D eigenvalue weighted by Gasteiger charge is 2.10. The predicted octanol–water partition coefficient (Wildman–Crippen LogP) is 5.09. The molecule has 2 rings (SSSR count). The molecule has 0 atom stereocenters. The molecule has 0 aromatic heterocycles. The Hall–Kier alpha value is -1.25. The maximum absolute atomic E-state index is 13.5. The van der Waals surface area contributed by atoms with Crippen molar-refractivity contribution in [1.29, 1.82) is 0 Å². The second-order valence-corrected chi connectivity index (χ2v) is 4.50. The largest absolute Gasteiger partial charge is 0.454 e. The third kappa shape index (κ3) is 3.11. The second kappa shape index (κ2) is 5.39. The van der Waals surface area contributed by atoms with E-state index in [4.69, 9.17) is 27.9 Å². The molecule has 0 amide bonds. The SMILES string of the molecule is Fc1ccc(C(Cl)Cl)cc1Oc1ccccc1. The lowest BCUT2D eigenvalue weighted by Gasteiger charge is -2.09. The van der Waals surface area contributed by atoms with Gasteiger partial charge in [0.2, 0.25) is 0 Å². The van der Waals surface area contributed by atoms with Gasteiger partial charge in [-0.15, -0.1) is 23.2 Å². The van der Waals surface area contributed by atoms with E-state index in [-0.39, 0.29) is 5.75 Å². The fraction of sp³-hybridized carbons (Fsp3) is 0.0769. The number of rotatable bonds is 3. The number of alkyl halides is 2. The average molecular weight is 271 g/mol. The number of para-hydroxylation sites is 1. The second-order valence-electron chi connectivity index (χ2n) is 3.41. The molecular weight excluding hydrogens is 262 g/mol. The summed E-state index contributed by atoms with van der Waals surface area (Å²) in [6, 6.07) is 13.3. The summed E-state index contributed by atoms with van der Waals surface area (Å²) in [6.45, 7) is 0. The Bertz CT molecular complexity index is 500. The quantitative estimate of drug-likeness (QED) is 0.706. The highest BCUT2D eigenvalue weighted by molar-refractivity contribution is 6.44. The van der Waals surface area contributed by atoms with E-state index >= 15 is 0 Å². The molecule has 2 aromatic carbocycles. The van der Waals surface area contributed by atoms with Crippen LogP contribution >= 0.6 is 23.2 Å². The van der Waals surface area contributed by atoms with Crippen LogP contribution in [0.3, 0.4) is 0 Å². The van der Waals surface area contributed by atoms with E-state index in [0.29, 0.717) is 11.3 Å². The van der Waals surface area contributed by atoms with Crippen LogP contribution in [-0.2, 0) is 0 Å². The van der Waals surface area contributed by atoms with Gasteiger partial charge in [0.15, 0.2) is 11.6 Å². The lowest BCUT2D eigenvalue weighted by atomic mass is 10.2. The van der Waals surface area contributed by atoms with Crippen LogP contribution in [-0.4, -0.2) is 0 Å². The Morgan fingerprint density at radius 2 is 1.71 bits per heavy atom. The summed E-state index contributed by atoms with van der Waals surface area (Å²) in [6.07, 6.45) is 0. The number of halogens is 3. The summed E-state index contributed by atoms with van der Waals surface area (Å²) < 4.78 is 18.9. The van der Waals surface area contributed by atoms with Gasteiger partial charge in [0.1, 0.15) is 10.6 Å². The average Bonchev–Trinajstić information content (AvgIpc) is 2.33. The van der Waals surface area contributed by atoms with Gasteiger partial charge in [-0.05, 0) is 29.8 Å². The van der Waals surface area contributed by atoms with Gasteiger partial charge in [-0.1, -0.05) is 24.3 Å². The molecular formula is C13H9Cl2FO. The first kappa shape index (κ1) is 12.2. The number of hydrogen-bond donors (Lipinski definition) is 0. The molecule has 0 bridgehead atoms. The minimum Gasteiger partial charge on any atom is -0.454 e. The zero-order valence-electron chi connectivity index (χ0n) is 8.74. The molecule has 88 valence electrons. The molecule has 1 nitrogen and oxygen atoms in total. The van der Waals surface area contributed by atoms with Crippen molar-refractivity contribution in [3.8, 4) is 11.5 Å². The van der Waals surface area contributed by atoms with Crippen molar-refractivity contribution in [1.82, 2.24) is 0 Å².